The summed E-state index contributed by atoms with van der Waals surface area (Å²) in [6.45, 7) is 2.51. The van der Waals surface area contributed by atoms with Crippen LogP contribution in [0.25, 0.3) is 0 Å². The van der Waals surface area contributed by atoms with Crippen LogP contribution < -0.4 is 0 Å². The third kappa shape index (κ3) is 11.0. The van der Waals surface area contributed by atoms with E-state index in [1.165, 1.54) is 76.0 Å². The van der Waals surface area contributed by atoms with Crippen molar-refractivity contribution < 1.29 is 23.5 Å². The van der Waals surface area contributed by atoms with Gasteiger partial charge >= 0.3 is 11.9 Å². The van der Waals surface area contributed by atoms with Crippen LogP contribution in [-0.4, -0.2) is 18.5 Å². The summed E-state index contributed by atoms with van der Waals surface area (Å²) in [4.78, 5) is 25.0. The number of ether oxygens (including phenoxy) is 2. The number of halogens is 1. The molecule has 0 aliphatic heterocycles. The number of unbranched alkanes of at least 4 members (excludes halogenated alkanes) is 11. The average Bonchev–Trinajstić information content (AvgIpc) is 2.85. The molecule has 5 heteroatoms. The molecule has 0 N–H and O–H groups in total. The first kappa shape index (κ1) is 27.6. The molecule has 0 aliphatic carbocycles. The Hall–Kier alpha value is -2.69. The van der Waals surface area contributed by atoms with Gasteiger partial charge in [-0.2, -0.15) is 0 Å². The lowest BCUT2D eigenvalue weighted by Gasteiger charge is -2.10. The highest BCUT2D eigenvalue weighted by molar-refractivity contribution is 6.03. The zero-order chi connectivity index (χ0) is 24.4. The quantitative estimate of drug-likeness (QED) is 0.173. The van der Waals surface area contributed by atoms with Gasteiger partial charge in [-0.25, -0.2) is 14.0 Å². The molecule has 0 unspecified atom stereocenters. The fraction of sp³-hybridized carbons (Fsp3) is 0.517. The van der Waals surface area contributed by atoms with Gasteiger partial charge in [0.1, 0.15) is 12.4 Å². The van der Waals surface area contributed by atoms with E-state index in [1.54, 1.807) is 30.3 Å². The molecule has 0 bridgehead atoms. The Morgan fingerprint density at radius 1 is 0.676 bits per heavy atom. The summed E-state index contributed by atoms with van der Waals surface area (Å²) in [6.07, 6.45) is 14.9. The molecule has 0 heterocycles. The maximum Gasteiger partial charge on any atom is 0.339 e. The standard InChI is InChI=1S/C29H39FO4/c1-2-3-4-5-6-7-8-9-10-11-12-15-21-33-28(31)26-19-13-14-20-27(26)29(32)34-23-24-17-16-18-25(30)22-24/h13-14,16-20,22H,2-12,15,21,23H2,1H3. The molecule has 2 rings (SSSR count). The number of carbonyl (C=O) groups is 2. The molecule has 0 saturated heterocycles. The zero-order valence-corrected chi connectivity index (χ0v) is 20.5. The van der Waals surface area contributed by atoms with Crippen molar-refractivity contribution in [2.75, 3.05) is 6.61 Å². The molecule has 4 nitrogen and oxygen atoms in total. The Labute approximate surface area is 203 Å². The van der Waals surface area contributed by atoms with Crippen LogP contribution in [0.2, 0.25) is 0 Å². The van der Waals surface area contributed by atoms with Gasteiger partial charge in [0.15, 0.2) is 0 Å². The van der Waals surface area contributed by atoms with Gasteiger partial charge in [-0.3, -0.25) is 0 Å². The van der Waals surface area contributed by atoms with Crippen LogP contribution in [0.5, 0.6) is 0 Å². The van der Waals surface area contributed by atoms with E-state index in [0.717, 1.165) is 19.3 Å². The first-order chi connectivity index (χ1) is 16.6. The highest BCUT2D eigenvalue weighted by atomic mass is 19.1. The zero-order valence-electron chi connectivity index (χ0n) is 20.5. The summed E-state index contributed by atoms with van der Waals surface area (Å²) in [5.74, 6) is -1.56. The van der Waals surface area contributed by atoms with Gasteiger partial charge in [0.05, 0.1) is 17.7 Å². The molecule has 0 fully saturated rings. The molecule has 186 valence electrons. The molecule has 2 aromatic rings. The first-order valence-corrected chi connectivity index (χ1v) is 12.8. The van der Waals surface area contributed by atoms with Gasteiger partial charge < -0.3 is 9.47 Å². The molecule has 34 heavy (non-hydrogen) atoms. The van der Waals surface area contributed by atoms with E-state index in [-0.39, 0.29) is 17.7 Å². The molecule has 0 saturated carbocycles. The Bertz CT molecular complexity index is 865. The molecule has 0 aromatic heterocycles. The van der Waals surface area contributed by atoms with Crippen molar-refractivity contribution in [3.63, 3.8) is 0 Å². The SMILES string of the molecule is CCCCCCCCCCCCCCOC(=O)c1ccccc1C(=O)OCc1cccc(F)c1. The van der Waals surface area contributed by atoms with Gasteiger partial charge in [-0.1, -0.05) is 102 Å². The van der Waals surface area contributed by atoms with Crippen molar-refractivity contribution in [3.05, 3.63) is 71.0 Å². The van der Waals surface area contributed by atoms with Crippen molar-refractivity contribution in [1.82, 2.24) is 0 Å². The van der Waals surface area contributed by atoms with Crippen LogP contribution in [0.15, 0.2) is 48.5 Å². The van der Waals surface area contributed by atoms with Crippen LogP contribution in [0, 0.1) is 5.82 Å². The number of benzene rings is 2. The Morgan fingerprint density at radius 3 is 1.76 bits per heavy atom. The Balaban J connectivity index is 1.62. The lowest BCUT2D eigenvalue weighted by molar-refractivity contribution is 0.0436. The van der Waals surface area contributed by atoms with Crippen molar-refractivity contribution in [2.45, 2.75) is 90.6 Å². The molecule has 2 aromatic carbocycles. The van der Waals surface area contributed by atoms with Crippen molar-refractivity contribution in [1.29, 1.82) is 0 Å². The van der Waals surface area contributed by atoms with Crippen LogP contribution in [0.1, 0.15) is 110 Å². The van der Waals surface area contributed by atoms with Crippen LogP contribution in [0.3, 0.4) is 0 Å². The molecular weight excluding hydrogens is 431 g/mol. The summed E-state index contributed by atoms with van der Waals surface area (Å²) in [5.41, 5.74) is 0.879. The van der Waals surface area contributed by atoms with Crippen LogP contribution >= 0.6 is 0 Å². The second-order valence-electron chi connectivity index (χ2n) is 8.78. The maximum absolute atomic E-state index is 13.3. The normalized spacial score (nSPS) is 10.8. The topological polar surface area (TPSA) is 52.6 Å². The third-order valence-electron chi connectivity index (χ3n) is 5.86. The minimum atomic E-state index is -0.637. The fourth-order valence-electron chi connectivity index (χ4n) is 3.88. The monoisotopic (exact) mass is 470 g/mol. The second-order valence-corrected chi connectivity index (χ2v) is 8.78. The van der Waals surface area contributed by atoms with E-state index in [2.05, 4.69) is 6.92 Å². The largest absolute Gasteiger partial charge is 0.462 e. The highest BCUT2D eigenvalue weighted by Gasteiger charge is 2.19. The van der Waals surface area contributed by atoms with E-state index < -0.39 is 17.8 Å². The molecular formula is C29H39FO4. The average molecular weight is 471 g/mol. The molecule has 0 amide bonds. The Kier molecular flexibility index (Phi) is 13.7. The lowest BCUT2D eigenvalue weighted by atomic mass is 10.1. The summed E-state index contributed by atoms with van der Waals surface area (Å²) in [7, 11) is 0. The fourth-order valence-corrected chi connectivity index (χ4v) is 3.88. The highest BCUT2D eigenvalue weighted by Crippen LogP contribution is 2.15. The van der Waals surface area contributed by atoms with Crippen LogP contribution in [0.4, 0.5) is 4.39 Å². The van der Waals surface area contributed by atoms with Gasteiger partial charge in [-0.05, 0) is 36.2 Å². The van der Waals surface area contributed by atoms with Crippen LogP contribution in [-0.2, 0) is 16.1 Å². The number of rotatable bonds is 17. The Morgan fingerprint density at radius 2 is 1.21 bits per heavy atom. The number of carbonyl (C=O) groups excluding carboxylic acids is 2. The molecule has 0 atom stereocenters. The summed E-state index contributed by atoms with van der Waals surface area (Å²) < 4.78 is 24.0. The number of esters is 2. The minimum absolute atomic E-state index is 0.0706. The lowest BCUT2D eigenvalue weighted by Crippen LogP contribution is -2.14. The van der Waals surface area contributed by atoms with Gasteiger partial charge in [0.25, 0.3) is 0 Å². The summed E-state index contributed by atoms with van der Waals surface area (Å²) in [6, 6.07) is 12.3. The smallest absolute Gasteiger partial charge is 0.339 e. The molecule has 0 spiro atoms. The van der Waals surface area contributed by atoms with Crippen molar-refractivity contribution in [3.8, 4) is 0 Å². The summed E-state index contributed by atoms with van der Waals surface area (Å²) >= 11 is 0. The van der Waals surface area contributed by atoms with E-state index in [1.807, 2.05) is 0 Å². The maximum atomic E-state index is 13.3. The van der Waals surface area contributed by atoms with E-state index in [4.69, 9.17) is 9.47 Å². The predicted molar refractivity (Wildman–Crippen MR) is 133 cm³/mol. The van der Waals surface area contributed by atoms with Crippen molar-refractivity contribution >= 4 is 11.9 Å². The van der Waals surface area contributed by atoms with E-state index in [0.29, 0.717) is 12.2 Å². The number of hydrogen-bond acceptors (Lipinski definition) is 4. The first-order valence-electron chi connectivity index (χ1n) is 12.8. The number of hydrogen-bond donors (Lipinski definition) is 0. The molecule has 0 aliphatic rings. The van der Waals surface area contributed by atoms with Crippen molar-refractivity contribution in [2.24, 2.45) is 0 Å². The van der Waals surface area contributed by atoms with Gasteiger partial charge in [0.2, 0.25) is 0 Å². The van der Waals surface area contributed by atoms with E-state index >= 15 is 0 Å². The second kappa shape index (κ2) is 16.9. The third-order valence-corrected chi connectivity index (χ3v) is 5.86. The molecule has 0 radical (unpaired) electrons. The van der Waals surface area contributed by atoms with Gasteiger partial charge in [-0.15, -0.1) is 0 Å². The van der Waals surface area contributed by atoms with E-state index in [9.17, 15) is 14.0 Å². The summed E-state index contributed by atoms with van der Waals surface area (Å²) in [5, 5.41) is 0. The predicted octanol–water partition coefficient (Wildman–Crippen LogP) is 8.04. The van der Waals surface area contributed by atoms with Gasteiger partial charge in [0, 0.05) is 0 Å². The minimum Gasteiger partial charge on any atom is -0.462 e.